The van der Waals surface area contributed by atoms with E-state index in [1.54, 1.807) is 14.2 Å². The highest BCUT2D eigenvalue weighted by atomic mass is 19.1. The summed E-state index contributed by atoms with van der Waals surface area (Å²) in [6.07, 6.45) is 6.21. The summed E-state index contributed by atoms with van der Waals surface area (Å²) in [5.74, 6) is -0.344. The van der Waals surface area contributed by atoms with Gasteiger partial charge in [-0.25, -0.2) is 8.78 Å². The number of guanidine groups is 1. The Morgan fingerprint density at radius 1 is 1.20 bits per heavy atom. The number of ether oxygens (including phenoxy) is 1. The molecule has 0 radical (unpaired) electrons. The molecule has 2 rings (SSSR count). The highest BCUT2D eigenvalue weighted by molar-refractivity contribution is 5.79. The molecule has 1 saturated carbocycles. The molecular formula is C19H29F2N3O. The molecule has 0 amide bonds. The van der Waals surface area contributed by atoms with Gasteiger partial charge in [0.2, 0.25) is 0 Å². The fraction of sp³-hybridized carbons (Fsp3) is 0.632. The number of benzene rings is 1. The second kappa shape index (κ2) is 9.70. The number of nitrogens with zero attached hydrogens (tertiary/aromatic N) is 1. The Morgan fingerprint density at radius 2 is 1.88 bits per heavy atom. The lowest BCUT2D eigenvalue weighted by Crippen LogP contribution is -2.44. The maximum Gasteiger partial charge on any atom is 0.191 e. The van der Waals surface area contributed by atoms with E-state index in [9.17, 15) is 8.78 Å². The van der Waals surface area contributed by atoms with E-state index in [1.165, 1.54) is 43.9 Å². The molecule has 0 bridgehead atoms. The molecule has 0 saturated heterocycles. The molecule has 0 aliphatic heterocycles. The lowest BCUT2D eigenvalue weighted by molar-refractivity contribution is 0.138. The van der Waals surface area contributed by atoms with Crippen LogP contribution in [0.25, 0.3) is 0 Å². The van der Waals surface area contributed by atoms with Crippen molar-refractivity contribution in [3.05, 3.63) is 35.4 Å². The summed E-state index contributed by atoms with van der Waals surface area (Å²) in [6, 6.07) is 3.94. The molecule has 25 heavy (non-hydrogen) atoms. The van der Waals surface area contributed by atoms with Gasteiger partial charge in [-0.3, -0.25) is 4.99 Å². The molecule has 1 aliphatic carbocycles. The van der Waals surface area contributed by atoms with E-state index in [0.717, 1.165) is 19.6 Å². The van der Waals surface area contributed by atoms with Gasteiger partial charge in [-0.15, -0.1) is 0 Å². The van der Waals surface area contributed by atoms with Gasteiger partial charge in [0, 0.05) is 39.4 Å². The normalized spacial score (nSPS) is 16.9. The highest BCUT2D eigenvalue weighted by Gasteiger charge is 2.33. The molecule has 140 valence electrons. The Kier molecular flexibility index (Phi) is 7.62. The van der Waals surface area contributed by atoms with Crippen LogP contribution in [0, 0.1) is 17.0 Å². The molecule has 4 nitrogen and oxygen atoms in total. The standard InChI is InChI=1S/C19H29F2N3O/c1-22-18(23-12-8-15-16(20)6-5-7-17(15)21)24-14-19(11-13-25-2)9-3-4-10-19/h5-7H,3-4,8-14H2,1-2H3,(H2,22,23,24). The zero-order valence-electron chi connectivity index (χ0n) is 15.2. The lowest BCUT2D eigenvalue weighted by Gasteiger charge is -2.30. The van der Waals surface area contributed by atoms with Gasteiger partial charge in [-0.1, -0.05) is 18.9 Å². The van der Waals surface area contributed by atoms with Crippen molar-refractivity contribution in [3.63, 3.8) is 0 Å². The molecule has 1 aromatic rings. The zero-order chi connectivity index (χ0) is 18.1. The molecular weight excluding hydrogens is 324 g/mol. The first-order valence-electron chi connectivity index (χ1n) is 8.96. The third-order valence-electron chi connectivity index (χ3n) is 5.08. The minimum absolute atomic E-state index is 0.109. The van der Waals surface area contributed by atoms with Crippen LogP contribution in [0.1, 0.15) is 37.7 Å². The Balaban J connectivity index is 1.82. The van der Waals surface area contributed by atoms with Crippen molar-refractivity contribution < 1.29 is 13.5 Å². The molecule has 6 heteroatoms. The molecule has 2 N–H and O–H groups in total. The number of halogens is 2. The Morgan fingerprint density at radius 3 is 2.48 bits per heavy atom. The predicted octanol–water partition coefficient (Wildman–Crippen LogP) is 3.27. The van der Waals surface area contributed by atoms with Crippen LogP contribution < -0.4 is 10.6 Å². The van der Waals surface area contributed by atoms with Gasteiger partial charge >= 0.3 is 0 Å². The maximum atomic E-state index is 13.7. The van der Waals surface area contributed by atoms with Gasteiger partial charge in [0.05, 0.1) is 0 Å². The summed E-state index contributed by atoms with van der Waals surface area (Å²) in [6.45, 7) is 2.02. The van der Waals surface area contributed by atoms with Gasteiger partial charge in [-0.05, 0) is 43.2 Å². The molecule has 0 spiro atoms. The van der Waals surface area contributed by atoms with Gasteiger partial charge < -0.3 is 15.4 Å². The molecule has 1 aromatic carbocycles. The van der Waals surface area contributed by atoms with E-state index in [-0.39, 0.29) is 17.4 Å². The van der Waals surface area contributed by atoms with Crippen molar-refractivity contribution in [2.24, 2.45) is 10.4 Å². The quantitative estimate of drug-likeness (QED) is 0.557. The molecule has 0 atom stereocenters. The number of nitrogens with one attached hydrogen (secondary N) is 2. The van der Waals surface area contributed by atoms with E-state index < -0.39 is 11.6 Å². The molecule has 1 fully saturated rings. The minimum atomic E-state index is -0.505. The molecule has 0 unspecified atom stereocenters. The van der Waals surface area contributed by atoms with Crippen LogP contribution in [0.4, 0.5) is 8.78 Å². The van der Waals surface area contributed by atoms with Crippen LogP contribution in [-0.4, -0.2) is 39.8 Å². The number of methoxy groups -OCH3 is 1. The average molecular weight is 353 g/mol. The van der Waals surface area contributed by atoms with E-state index >= 15 is 0 Å². The predicted molar refractivity (Wildman–Crippen MR) is 96.8 cm³/mol. The second-order valence-corrected chi connectivity index (χ2v) is 6.75. The number of rotatable bonds is 8. The van der Waals surface area contributed by atoms with Crippen LogP contribution in [-0.2, 0) is 11.2 Å². The minimum Gasteiger partial charge on any atom is -0.385 e. The smallest absolute Gasteiger partial charge is 0.191 e. The number of hydrogen-bond acceptors (Lipinski definition) is 2. The van der Waals surface area contributed by atoms with E-state index in [4.69, 9.17) is 4.74 Å². The third kappa shape index (κ3) is 5.66. The van der Waals surface area contributed by atoms with Crippen molar-refractivity contribution in [3.8, 4) is 0 Å². The van der Waals surface area contributed by atoms with Gasteiger partial charge in [0.1, 0.15) is 11.6 Å². The van der Waals surface area contributed by atoms with E-state index in [2.05, 4.69) is 15.6 Å². The largest absolute Gasteiger partial charge is 0.385 e. The first kappa shape index (κ1) is 19.6. The van der Waals surface area contributed by atoms with Crippen molar-refractivity contribution in [2.75, 3.05) is 33.9 Å². The zero-order valence-corrected chi connectivity index (χ0v) is 15.2. The Bertz CT molecular complexity index is 552. The molecule has 1 aliphatic rings. The van der Waals surface area contributed by atoms with Crippen molar-refractivity contribution in [1.82, 2.24) is 10.6 Å². The summed E-state index contributed by atoms with van der Waals surface area (Å²) in [5.41, 5.74) is 0.364. The van der Waals surface area contributed by atoms with E-state index in [1.807, 2.05) is 0 Å². The first-order valence-corrected chi connectivity index (χ1v) is 8.96. The SMILES string of the molecule is CN=C(NCCc1c(F)cccc1F)NCC1(CCOC)CCCC1. The first-order chi connectivity index (χ1) is 12.1. The summed E-state index contributed by atoms with van der Waals surface area (Å²) >= 11 is 0. The topological polar surface area (TPSA) is 45.7 Å². The van der Waals surface area contributed by atoms with Gasteiger partial charge in [-0.2, -0.15) is 0 Å². The fourth-order valence-corrected chi connectivity index (χ4v) is 3.53. The lowest BCUT2D eigenvalue weighted by atomic mass is 9.83. The summed E-state index contributed by atoms with van der Waals surface area (Å²) < 4.78 is 32.6. The molecule has 0 aromatic heterocycles. The number of aliphatic imine (C=N–C) groups is 1. The summed E-state index contributed by atoms with van der Waals surface area (Å²) in [5, 5.41) is 6.52. The van der Waals surface area contributed by atoms with Gasteiger partial charge in [0.15, 0.2) is 5.96 Å². The van der Waals surface area contributed by atoms with Crippen molar-refractivity contribution >= 4 is 5.96 Å². The molecule has 0 heterocycles. The third-order valence-corrected chi connectivity index (χ3v) is 5.08. The Hall–Kier alpha value is -1.69. The highest BCUT2D eigenvalue weighted by Crippen LogP contribution is 2.40. The van der Waals surface area contributed by atoms with Crippen molar-refractivity contribution in [1.29, 1.82) is 0 Å². The van der Waals surface area contributed by atoms with Crippen LogP contribution in [0.15, 0.2) is 23.2 Å². The van der Waals surface area contributed by atoms with Gasteiger partial charge in [0.25, 0.3) is 0 Å². The van der Waals surface area contributed by atoms with E-state index in [0.29, 0.717) is 12.5 Å². The van der Waals surface area contributed by atoms with Crippen LogP contribution in [0.2, 0.25) is 0 Å². The fourth-order valence-electron chi connectivity index (χ4n) is 3.53. The maximum absolute atomic E-state index is 13.7. The summed E-state index contributed by atoms with van der Waals surface area (Å²) in [4.78, 5) is 4.21. The summed E-state index contributed by atoms with van der Waals surface area (Å²) in [7, 11) is 3.44. The van der Waals surface area contributed by atoms with Crippen LogP contribution in [0.3, 0.4) is 0 Å². The van der Waals surface area contributed by atoms with Crippen LogP contribution >= 0.6 is 0 Å². The van der Waals surface area contributed by atoms with Crippen molar-refractivity contribution in [2.45, 2.75) is 38.5 Å². The Labute approximate surface area is 149 Å². The monoisotopic (exact) mass is 353 g/mol. The number of hydrogen-bond donors (Lipinski definition) is 2. The average Bonchev–Trinajstić information content (AvgIpc) is 3.07. The second-order valence-electron chi connectivity index (χ2n) is 6.75. The van der Waals surface area contributed by atoms with Crippen LogP contribution in [0.5, 0.6) is 0 Å².